The maximum atomic E-state index is 12.9. The van der Waals surface area contributed by atoms with Crippen LogP contribution < -0.4 is 5.32 Å². The van der Waals surface area contributed by atoms with Crippen LogP contribution in [0.4, 0.5) is 0 Å². The van der Waals surface area contributed by atoms with Gasteiger partial charge in [0.15, 0.2) is 5.76 Å². The zero-order chi connectivity index (χ0) is 18.3. The van der Waals surface area contributed by atoms with Crippen molar-refractivity contribution < 1.29 is 14.3 Å². The minimum atomic E-state index is -0.293. The monoisotopic (exact) mass is 350 g/mol. The minimum absolute atomic E-state index is 0.177. The highest BCUT2D eigenvalue weighted by atomic mass is 16.3. The molecule has 0 spiro atoms. The number of aliphatic hydroxyl groups excluding tert-OH is 1. The third-order valence-electron chi connectivity index (χ3n) is 5.21. The molecular formula is C21H22N2O3. The maximum absolute atomic E-state index is 12.9. The van der Waals surface area contributed by atoms with Crippen LogP contribution in [0.3, 0.4) is 0 Å². The summed E-state index contributed by atoms with van der Waals surface area (Å²) in [6.45, 7) is 3.92. The quantitative estimate of drug-likeness (QED) is 0.752. The summed E-state index contributed by atoms with van der Waals surface area (Å²) >= 11 is 0. The van der Waals surface area contributed by atoms with E-state index in [1.54, 1.807) is 6.20 Å². The van der Waals surface area contributed by atoms with E-state index in [1.807, 2.05) is 50.2 Å². The number of carbonyl (C=O) groups is 1. The molecule has 1 saturated carbocycles. The average molecular weight is 350 g/mol. The summed E-state index contributed by atoms with van der Waals surface area (Å²) in [6, 6.07) is 11.3. The lowest BCUT2D eigenvalue weighted by Crippen LogP contribution is -2.41. The molecule has 5 heteroatoms. The Morgan fingerprint density at radius 2 is 2.08 bits per heavy atom. The number of nitrogens with zero attached hydrogens (tertiary/aromatic N) is 1. The van der Waals surface area contributed by atoms with Crippen molar-refractivity contribution >= 4 is 16.9 Å². The number of benzene rings is 1. The van der Waals surface area contributed by atoms with Gasteiger partial charge in [-0.1, -0.05) is 17.7 Å². The average Bonchev–Trinajstić information content (AvgIpc) is 2.94. The summed E-state index contributed by atoms with van der Waals surface area (Å²) < 4.78 is 5.82. The van der Waals surface area contributed by atoms with E-state index in [4.69, 9.17) is 4.42 Å². The second-order valence-electron chi connectivity index (χ2n) is 7.15. The Bertz CT molecular complexity index is 943. The molecule has 134 valence electrons. The van der Waals surface area contributed by atoms with Gasteiger partial charge in [0.25, 0.3) is 5.91 Å². The van der Waals surface area contributed by atoms with Crippen LogP contribution in [0.1, 0.15) is 46.3 Å². The second kappa shape index (κ2) is 6.57. The van der Waals surface area contributed by atoms with Crippen LogP contribution in [0.25, 0.3) is 11.0 Å². The molecule has 1 amide bonds. The number of rotatable bonds is 4. The summed E-state index contributed by atoms with van der Waals surface area (Å²) in [5, 5.41) is 13.7. The molecule has 1 aliphatic rings. The summed E-state index contributed by atoms with van der Waals surface area (Å²) in [5.41, 5.74) is 3.49. The van der Waals surface area contributed by atoms with E-state index in [0.29, 0.717) is 24.2 Å². The number of hydrogen-bond donors (Lipinski definition) is 2. The topological polar surface area (TPSA) is 75.4 Å². The van der Waals surface area contributed by atoms with Gasteiger partial charge in [0.1, 0.15) is 5.58 Å². The number of amides is 1. The Labute approximate surface area is 152 Å². The SMILES string of the molecule is Cc1ccc2oc(C(=O)N[C@H](c3ccccn3)C3CC(O)C3)c(C)c2c1. The Morgan fingerprint density at radius 1 is 1.27 bits per heavy atom. The smallest absolute Gasteiger partial charge is 0.287 e. The first-order valence-corrected chi connectivity index (χ1v) is 8.92. The molecule has 2 heterocycles. The molecule has 0 saturated heterocycles. The first kappa shape index (κ1) is 16.8. The standard InChI is InChI=1S/C21H22N2O3/c1-12-6-7-18-16(9-12)13(2)20(26-18)21(25)23-19(14-10-15(24)11-14)17-5-3-4-8-22-17/h3-9,14-15,19,24H,10-11H2,1-2H3,(H,23,25)/t14?,15?,19-/m0/s1. The molecule has 5 nitrogen and oxygen atoms in total. The van der Waals surface area contributed by atoms with E-state index in [2.05, 4.69) is 10.3 Å². The number of aromatic nitrogens is 1. The van der Waals surface area contributed by atoms with Crippen molar-refractivity contribution in [2.24, 2.45) is 5.92 Å². The van der Waals surface area contributed by atoms with E-state index in [9.17, 15) is 9.90 Å². The normalized spacial score (nSPS) is 20.6. The van der Waals surface area contributed by atoms with Crippen molar-refractivity contribution in [3.8, 4) is 0 Å². The molecule has 1 aliphatic carbocycles. The Kier molecular flexibility index (Phi) is 4.24. The summed E-state index contributed by atoms with van der Waals surface area (Å²) in [4.78, 5) is 17.3. The molecule has 1 atom stereocenters. The van der Waals surface area contributed by atoms with Crippen molar-refractivity contribution in [3.05, 3.63) is 65.2 Å². The lowest BCUT2D eigenvalue weighted by atomic mass is 9.76. The third-order valence-corrected chi connectivity index (χ3v) is 5.21. The van der Waals surface area contributed by atoms with Crippen molar-refractivity contribution in [1.82, 2.24) is 10.3 Å². The molecule has 1 aromatic carbocycles. The highest BCUT2D eigenvalue weighted by Gasteiger charge is 2.37. The van der Waals surface area contributed by atoms with Gasteiger partial charge in [-0.15, -0.1) is 0 Å². The lowest BCUT2D eigenvalue weighted by molar-refractivity contribution is 0.0225. The van der Waals surface area contributed by atoms with Gasteiger partial charge < -0.3 is 14.8 Å². The van der Waals surface area contributed by atoms with Crippen molar-refractivity contribution in [2.75, 3.05) is 0 Å². The number of carbonyl (C=O) groups excluding carboxylic acids is 1. The third kappa shape index (κ3) is 2.99. The van der Waals surface area contributed by atoms with Gasteiger partial charge in [0.2, 0.25) is 0 Å². The van der Waals surface area contributed by atoms with E-state index in [-0.39, 0.29) is 24.0 Å². The zero-order valence-corrected chi connectivity index (χ0v) is 14.9. The summed E-state index contributed by atoms with van der Waals surface area (Å²) in [5.74, 6) is 0.274. The van der Waals surface area contributed by atoms with Crippen LogP contribution in [0.5, 0.6) is 0 Å². The summed E-state index contributed by atoms with van der Waals surface area (Å²) in [7, 11) is 0. The highest BCUT2D eigenvalue weighted by Crippen LogP contribution is 2.38. The predicted molar refractivity (Wildman–Crippen MR) is 98.9 cm³/mol. The minimum Gasteiger partial charge on any atom is -0.451 e. The fraction of sp³-hybridized carbons (Fsp3) is 0.333. The van der Waals surface area contributed by atoms with Crippen molar-refractivity contribution in [1.29, 1.82) is 0 Å². The van der Waals surface area contributed by atoms with E-state index in [1.165, 1.54) is 0 Å². The Hall–Kier alpha value is -2.66. The predicted octanol–water partition coefficient (Wildman–Crippen LogP) is 3.69. The molecule has 0 aliphatic heterocycles. The first-order valence-electron chi connectivity index (χ1n) is 8.92. The largest absolute Gasteiger partial charge is 0.451 e. The van der Waals surface area contributed by atoms with Gasteiger partial charge in [-0.2, -0.15) is 0 Å². The number of aliphatic hydroxyl groups is 1. The molecule has 0 bridgehead atoms. The zero-order valence-electron chi connectivity index (χ0n) is 14.9. The molecule has 2 aromatic heterocycles. The van der Waals surface area contributed by atoms with E-state index in [0.717, 1.165) is 22.2 Å². The van der Waals surface area contributed by atoms with Crippen LogP contribution in [0.2, 0.25) is 0 Å². The van der Waals surface area contributed by atoms with Crippen molar-refractivity contribution in [3.63, 3.8) is 0 Å². The van der Waals surface area contributed by atoms with Crippen LogP contribution in [0.15, 0.2) is 47.0 Å². The molecule has 0 unspecified atom stereocenters. The van der Waals surface area contributed by atoms with Crippen molar-refractivity contribution in [2.45, 2.75) is 38.8 Å². The number of fused-ring (bicyclic) bond motifs is 1. The van der Waals surface area contributed by atoms with E-state index >= 15 is 0 Å². The van der Waals surface area contributed by atoms with Crippen LogP contribution >= 0.6 is 0 Å². The fourth-order valence-electron chi connectivity index (χ4n) is 3.65. The van der Waals surface area contributed by atoms with Gasteiger partial charge in [0.05, 0.1) is 17.8 Å². The van der Waals surface area contributed by atoms with Gasteiger partial charge in [-0.05, 0) is 56.9 Å². The summed E-state index contributed by atoms with van der Waals surface area (Å²) in [6.07, 6.45) is 2.76. The second-order valence-corrected chi connectivity index (χ2v) is 7.15. The van der Waals surface area contributed by atoms with Gasteiger partial charge in [-0.25, -0.2) is 0 Å². The number of hydrogen-bond acceptors (Lipinski definition) is 4. The molecule has 4 rings (SSSR count). The number of nitrogens with one attached hydrogen (secondary N) is 1. The van der Waals surface area contributed by atoms with Crippen LogP contribution in [0, 0.1) is 19.8 Å². The van der Waals surface area contributed by atoms with Crippen LogP contribution in [-0.2, 0) is 0 Å². The lowest BCUT2D eigenvalue weighted by Gasteiger charge is -2.37. The molecule has 3 aromatic rings. The van der Waals surface area contributed by atoms with E-state index < -0.39 is 0 Å². The Balaban J connectivity index is 1.63. The Morgan fingerprint density at radius 3 is 2.77 bits per heavy atom. The fourth-order valence-corrected chi connectivity index (χ4v) is 3.65. The molecule has 0 radical (unpaired) electrons. The molecule has 2 N–H and O–H groups in total. The van der Waals surface area contributed by atoms with Gasteiger partial charge in [-0.3, -0.25) is 9.78 Å². The number of aryl methyl sites for hydroxylation is 2. The molecule has 1 fully saturated rings. The first-order chi connectivity index (χ1) is 12.5. The molecule has 26 heavy (non-hydrogen) atoms. The van der Waals surface area contributed by atoms with Gasteiger partial charge in [0, 0.05) is 17.1 Å². The van der Waals surface area contributed by atoms with Crippen LogP contribution in [-0.4, -0.2) is 22.1 Å². The molecular weight excluding hydrogens is 328 g/mol. The number of furan rings is 1. The number of pyridine rings is 1. The maximum Gasteiger partial charge on any atom is 0.287 e. The highest BCUT2D eigenvalue weighted by molar-refractivity contribution is 5.99. The van der Waals surface area contributed by atoms with Gasteiger partial charge >= 0.3 is 0 Å².